The number of pyridine rings is 1. The lowest BCUT2D eigenvalue weighted by Crippen LogP contribution is -2.00. The van der Waals surface area contributed by atoms with E-state index < -0.39 is 0 Å². The molecule has 0 aliphatic rings. The molecular weight excluding hydrogens is 354 g/mol. The lowest BCUT2D eigenvalue weighted by atomic mass is 10.1. The molecule has 2 aromatic carbocycles. The summed E-state index contributed by atoms with van der Waals surface area (Å²) in [5, 5.41) is 0. The molecule has 0 bridgehead atoms. The maximum atomic E-state index is 12.6. The molecule has 5 nitrogen and oxygen atoms in total. The first-order chi connectivity index (χ1) is 13.7. The molecule has 0 saturated heterocycles. The Bertz CT molecular complexity index is 967. The molecule has 0 amide bonds. The fraction of sp³-hybridized carbons (Fsp3) is 0.130. The summed E-state index contributed by atoms with van der Waals surface area (Å²) in [6, 6.07) is 16.5. The minimum atomic E-state index is -0.165. The van der Waals surface area contributed by atoms with Gasteiger partial charge in [-0.25, -0.2) is 0 Å². The number of allylic oxidation sites excluding steroid dienone is 1. The average Bonchev–Trinajstić information content (AvgIpc) is 2.76. The molecule has 0 saturated carbocycles. The van der Waals surface area contributed by atoms with Crippen molar-refractivity contribution in [2.24, 2.45) is 0 Å². The Morgan fingerprint density at radius 1 is 1.00 bits per heavy atom. The molecule has 28 heavy (non-hydrogen) atoms. The molecule has 1 aromatic heterocycles. The molecule has 0 spiro atoms. The third kappa shape index (κ3) is 4.76. The van der Waals surface area contributed by atoms with Crippen molar-refractivity contribution >= 4 is 11.9 Å². The standard InChI is InChI=1S/C23H21NO4/c1-26-19-10-11-20(23(14-19)27-2)21(25)12-9-18-7-3-4-8-22(18)28-16-17-6-5-13-24-15-17/h3-15H,16H2,1-2H3/b12-9+. The van der Waals surface area contributed by atoms with Gasteiger partial charge in [-0.1, -0.05) is 24.3 Å². The van der Waals surface area contributed by atoms with Gasteiger partial charge in [0.1, 0.15) is 23.9 Å². The fourth-order valence-electron chi connectivity index (χ4n) is 2.65. The Morgan fingerprint density at radius 3 is 2.61 bits per heavy atom. The van der Waals surface area contributed by atoms with E-state index in [1.165, 1.54) is 13.2 Å². The summed E-state index contributed by atoms with van der Waals surface area (Å²) >= 11 is 0. The van der Waals surface area contributed by atoms with Crippen molar-refractivity contribution in [1.82, 2.24) is 4.98 Å². The Balaban J connectivity index is 1.76. The molecule has 1 heterocycles. The number of para-hydroxylation sites is 1. The van der Waals surface area contributed by atoms with Crippen molar-refractivity contribution in [3.05, 3.63) is 89.8 Å². The number of hydrogen-bond acceptors (Lipinski definition) is 5. The van der Waals surface area contributed by atoms with Crippen LogP contribution in [0.15, 0.2) is 73.1 Å². The van der Waals surface area contributed by atoms with Crippen LogP contribution in [0.3, 0.4) is 0 Å². The van der Waals surface area contributed by atoms with Crippen LogP contribution in [0.2, 0.25) is 0 Å². The molecular formula is C23H21NO4. The van der Waals surface area contributed by atoms with Gasteiger partial charge in [0.05, 0.1) is 19.8 Å². The lowest BCUT2D eigenvalue weighted by Gasteiger charge is -2.09. The largest absolute Gasteiger partial charge is 0.497 e. The second-order valence-electron chi connectivity index (χ2n) is 5.95. The van der Waals surface area contributed by atoms with Gasteiger partial charge >= 0.3 is 0 Å². The normalized spacial score (nSPS) is 10.6. The zero-order valence-corrected chi connectivity index (χ0v) is 15.8. The predicted molar refractivity (Wildman–Crippen MR) is 108 cm³/mol. The number of nitrogens with zero attached hydrogens (tertiary/aromatic N) is 1. The first kappa shape index (κ1) is 19.2. The number of carbonyl (C=O) groups is 1. The van der Waals surface area contributed by atoms with Crippen molar-refractivity contribution in [2.75, 3.05) is 14.2 Å². The van der Waals surface area contributed by atoms with Crippen LogP contribution in [-0.4, -0.2) is 25.0 Å². The molecule has 3 aromatic rings. The highest BCUT2D eigenvalue weighted by Crippen LogP contribution is 2.26. The number of ketones is 1. The van der Waals surface area contributed by atoms with Crippen molar-refractivity contribution in [3.8, 4) is 17.2 Å². The number of rotatable bonds is 8. The molecule has 0 unspecified atom stereocenters. The van der Waals surface area contributed by atoms with Gasteiger partial charge in [-0.2, -0.15) is 0 Å². The molecule has 3 rings (SSSR count). The van der Waals surface area contributed by atoms with Crippen molar-refractivity contribution in [3.63, 3.8) is 0 Å². The van der Waals surface area contributed by atoms with Crippen LogP contribution in [-0.2, 0) is 6.61 Å². The van der Waals surface area contributed by atoms with Crippen molar-refractivity contribution < 1.29 is 19.0 Å². The molecule has 0 aliphatic carbocycles. The van der Waals surface area contributed by atoms with Crippen LogP contribution in [0, 0.1) is 0 Å². The minimum Gasteiger partial charge on any atom is -0.497 e. The van der Waals surface area contributed by atoms with Gasteiger partial charge in [-0.05, 0) is 36.4 Å². The second kappa shape index (κ2) is 9.37. The SMILES string of the molecule is COc1ccc(C(=O)/C=C/c2ccccc2OCc2cccnc2)c(OC)c1. The summed E-state index contributed by atoms with van der Waals surface area (Å²) < 4.78 is 16.4. The van der Waals surface area contributed by atoms with E-state index in [1.54, 1.807) is 43.8 Å². The topological polar surface area (TPSA) is 57.7 Å². The molecule has 0 N–H and O–H groups in total. The van der Waals surface area contributed by atoms with Crippen molar-refractivity contribution in [1.29, 1.82) is 0 Å². The van der Waals surface area contributed by atoms with E-state index in [1.807, 2.05) is 36.4 Å². The molecule has 0 radical (unpaired) electrons. The number of benzene rings is 2. The summed E-state index contributed by atoms with van der Waals surface area (Å²) in [4.78, 5) is 16.7. The summed E-state index contributed by atoms with van der Waals surface area (Å²) in [5.74, 6) is 1.63. The van der Waals surface area contributed by atoms with E-state index in [2.05, 4.69) is 4.98 Å². The van der Waals surface area contributed by atoms with Crippen LogP contribution in [0.4, 0.5) is 0 Å². The summed E-state index contributed by atoms with van der Waals surface area (Å²) in [6.07, 6.45) is 6.73. The van der Waals surface area contributed by atoms with E-state index in [-0.39, 0.29) is 5.78 Å². The van der Waals surface area contributed by atoms with E-state index in [0.717, 1.165) is 11.1 Å². The van der Waals surface area contributed by atoms with E-state index in [4.69, 9.17) is 14.2 Å². The van der Waals surface area contributed by atoms with Crippen LogP contribution in [0.25, 0.3) is 6.08 Å². The van der Waals surface area contributed by atoms with Gasteiger partial charge in [-0.15, -0.1) is 0 Å². The molecule has 142 valence electrons. The van der Waals surface area contributed by atoms with Gasteiger partial charge in [0, 0.05) is 29.6 Å². The van der Waals surface area contributed by atoms with Crippen LogP contribution >= 0.6 is 0 Å². The summed E-state index contributed by atoms with van der Waals surface area (Å²) in [6.45, 7) is 0.402. The van der Waals surface area contributed by atoms with E-state index in [9.17, 15) is 4.79 Å². The highest BCUT2D eigenvalue weighted by atomic mass is 16.5. The number of hydrogen-bond donors (Lipinski definition) is 0. The summed E-state index contributed by atoms with van der Waals surface area (Å²) in [7, 11) is 3.09. The monoisotopic (exact) mass is 375 g/mol. The number of ether oxygens (including phenoxy) is 3. The first-order valence-electron chi connectivity index (χ1n) is 8.76. The Morgan fingerprint density at radius 2 is 1.86 bits per heavy atom. The third-order valence-corrected chi connectivity index (χ3v) is 4.12. The van der Waals surface area contributed by atoms with Gasteiger partial charge in [0.2, 0.25) is 0 Å². The van der Waals surface area contributed by atoms with Crippen molar-refractivity contribution in [2.45, 2.75) is 6.61 Å². The van der Waals surface area contributed by atoms with E-state index in [0.29, 0.717) is 29.4 Å². The maximum absolute atomic E-state index is 12.6. The minimum absolute atomic E-state index is 0.165. The number of aromatic nitrogens is 1. The summed E-state index contributed by atoms with van der Waals surface area (Å²) in [5.41, 5.74) is 2.25. The predicted octanol–water partition coefficient (Wildman–Crippen LogP) is 4.57. The Hall–Kier alpha value is -3.60. The smallest absolute Gasteiger partial charge is 0.189 e. The second-order valence-corrected chi connectivity index (χ2v) is 5.95. The van der Waals surface area contributed by atoms with Gasteiger partial charge < -0.3 is 14.2 Å². The Kier molecular flexibility index (Phi) is 6.41. The average molecular weight is 375 g/mol. The fourth-order valence-corrected chi connectivity index (χ4v) is 2.65. The Labute approximate surface area is 164 Å². The quantitative estimate of drug-likeness (QED) is 0.426. The third-order valence-electron chi connectivity index (χ3n) is 4.12. The maximum Gasteiger partial charge on any atom is 0.189 e. The van der Waals surface area contributed by atoms with Crippen LogP contribution in [0.1, 0.15) is 21.5 Å². The highest BCUT2D eigenvalue weighted by molar-refractivity contribution is 6.08. The lowest BCUT2D eigenvalue weighted by molar-refractivity contribution is 0.104. The number of carbonyl (C=O) groups excluding carboxylic acids is 1. The number of methoxy groups -OCH3 is 2. The van der Waals surface area contributed by atoms with Gasteiger partial charge in [-0.3, -0.25) is 9.78 Å². The van der Waals surface area contributed by atoms with Gasteiger partial charge in [0.25, 0.3) is 0 Å². The molecule has 0 fully saturated rings. The first-order valence-corrected chi connectivity index (χ1v) is 8.76. The van der Waals surface area contributed by atoms with Gasteiger partial charge in [0.15, 0.2) is 5.78 Å². The van der Waals surface area contributed by atoms with Crippen LogP contribution in [0.5, 0.6) is 17.2 Å². The molecule has 5 heteroatoms. The van der Waals surface area contributed by atoms with Crippen LogP contribution < -0.4 is 14.2 Å². The zero-order valence-electron chi connectivity index (χ0n) is 15.8. The molecule has 0 atom stereocenters. The molecule has 0 aliphatic heterocycles. The van der Waals surface area contributed by atoms with E-state index >= 15 is 0 Å². The highest BCUT2D eigenvalue weighted by Gasteiger charge is 2.11. The zero-order chi connectivity index (χ0) is 19.8.